The summed E-state index contributed by atoms with van der Waals surface area (Å²) in [5, 5.41) is 9.51. The van der Waals surface area contributed by atoms with Crippen LogP contribution in [0.4, 0.5) is 0 Å². The molecule has 2 N–H and O–H groups in total. The fourth-order valence-electron chi connectivity index (χ4n) is 1.61. The maximum absolute atomic E-state index is 11.3. The fourth-order valence-corrected chi connectivity index (χ4v) is 1.97. The minimum absolute atomic E-state index is 0.151. The molecule has 0 radical (unpaired) electrons. The first-order chi connectivity index (χ1) is 7.56. The average Bonchev–Trinajstić information content (AvgIpc) is 2.15. The summed E-state index contributed by atoms with van der Waals surface area (Å²) in [6.45, 7) is 0. The van der Waals surface area contributed by atoms with E-state index >= 15 is 0 Å². The first kappa shape index (κ1) is 10.9. The number of hydrogen-bond donors (Lipinski definition) is 2. The molecule has 0 spiro atoms. The molecule has 0 saturated carbocycles. The van der Waals surface area contributed by atoms with Crippen molar-refractivity contribution in [1.82, 2.24) is 4.98 Å². The van der Waals surface area contributed by atoms with Gasteiger partial charge in [-0.15, -0.1) is 0 Å². The zero-order valence-corrected chi connectivity index (χ0v) is 9.74. The van der Waals surface area contributed by atoms with E-state index in [0.29, 0.717) is 11.1 Å². The Morgan fingerprint density at radius 3 is 2.81 bits per heavy atom. The third-order valence-corrected chi connectivity index (χ3v) is 2.73. The summed E-state index contributed by atoms with van der Waals surface area (Å²) in [6, 6.07) is 6.67. The van der Waals surface area contributed by atoms with Crippen LogP contribution in [0, 0.1) is 0 Å². The molecule has 1 aromatic heterocycles. The fraction of sp³-hybridized carbons (Fsp3) is 0.0909. The molecule has 0 aliphatic rings. The molecule has 0 amide bonds. The van der Waals surface area contributed by atoms with E-state index in [1.54, 1.807) is 12.1 Å². The number of benzene rings is 1. The molecule has 0 aliphatic carbocycles. The second-order valence-electron chi connectivity index (χ2n) is 3.42. The van der Waals surface area contributed by atoms with Crippen LogP contribution in [0.25, 0.3) is 10.9 Å². The first-order valence-electron chi connectivity index (χ1n) is 4.59. The van der Waals surface area contributed by atoms with E-state index in [9.17, 15) is 9.59 Å². The first-order valence-corrected chi connectivity index (χ1v) is 5.39. The van der Waals surface area contributed by atoms with Crippen LogP contribution in [-0.2, 0) is 11.2 Å². The van der Waals surface area contributed by atoms with E-state index in [2.05, 4.69) is 20.9 Å². The highest BCUT2D eigenvalue weighted by atomic mass is 79.9. The third-order valence-electron chi connectivity index (χ3n) is 2.23. The molecule has 82 valence electrons. The van der Waals surface area contributed by atoms with E-state index < -0.39 is 5.97 Å². The molecule has 0 atom stereocenters. The van der Waals surface area contributed by atoms with Crippen molar-refractivity contribution in [3.05, 3.63) is 44.7 Å². The molecule has 0 unspecified atom stereocenters. The Bertz CT molecular complexity index is 618. The molecule has 4 nitrogen and oxygen atoms in total. The molecule has 5 heteroatoms. The molecule has 0 bridgehead atoms. The third kappa shape index (κ3) is 2.14. The monoisotopic (exact) mass is 281 g/mol. The number of carboxylic acid groups (broad SMARTS) is 1. The lowest BCUT2D eigenvalue weighted by Gasteiger charge is -2.04. The van der Waals surface area contributed by atoms with E-state index in [0.717, 1.165) is 9.86 Å². The van der Waals surface area contributed by atoms with E-state index in [1.807, 2.05) is 6.07 Å². The van der Waals surface area contributed by atoms with Crippen LogP contribution in [0.2, 0.25) is 0 Å². The van der Waals surface area contributed by atoms with Gasteiger partial charge in [-0.25, -0.2) is 0 Å². The van der Waals surface area contributed by atoms with Crippen molar-refractivity contribution in [2.75, 3.05) is 0 Å². The van der Waals surface area contributed by atoms with E-state index in [4.69, 9.17) is 5.11 Å². The standard InChI is InChI=1S/C11H8BrNO3/c12-7-1-2-8-6(4-11(15)16)3-10(14)13-9(8)5-7/h1-3,5H,4H2,(H,13,14)(H,15,16). The Labute approximate surface area is 99.0 Å². The van der Waals surface area contributed by atoms with E-state index in [-0.39, 0.29) is 12.0 Å². The van der Waals surface area contributed by atoms with Gasteiger partial charge in [0, 0.05) is 21.4 Å². The van der Waals surface area contributed by atoms with Crippen molar-refractivity contribution < 1.29 is 9.90 Å². The molecule has 2 aromatic rings. The number of pyridine rings is 1. The topological polar surface area (TPSA) is 70.2 Å². The molecule has 16 heavy (non-hydrogen) atoms. The Kier molecular flexibility index (Phi) is 2.78. The maximum Gasteiger partial charge on any atom is 0.307 e. The number of halogens is 1. The van der Waals surface area contributed by atoms with Crippen LogP contribution in [-0.4, -0.2) is 16.1 Å². The Morgan fingerprint density at radius 2 is 2.12 bits per heavy atom. The van der Waals surface area contributed by atoms with Crippen LogP contribution < -0.4 is 5.56 Å². The summed E-state index contributed by atoms with van der Waals surface area (Å²) in [5.74, 6) is -0.949. The number of H-pyrrole nitrogens is 1. The van der Waals surface area contributed by atoms with Gasteiger partial charge in [0.1, 0.15) is 0 Å². The van der Waals surface area contributed by atoms with Crippen LogP contribution in [0.1, 0.15) is 5.56 Å². The number of aromatic amines is 1. The van der Waals surface area contributed by atoms with Crippen LogP contribution >= 0.6 is 15.9 Å². The van der Waals surface area contributed by atoms with Crippen molar-refractivity contribution in [1.29, 1.82) is 0 Å². The molecular weight excluding hydrogens is 274 g/mol. The lowest BCUT2D eigenvalue weighted by molar-refractivity contribution is -0.136. The van der Waals surface area contributed by atoms with Crippen molar-refractivity contribution >= 4 is 32.8 Å². The number of aliphatic carboxylic acids is 1. The lowest BCUT2D eigenvalue weighted by atomic mass is 10.1. The van der Waals surface area contributed by atoms with Gasteiger partial charge in [-0.1, -0.05) is 22.0 Å². The SMILES string of the molecule is O=C(O)Cc1cc(=O)[nH]c2cc(Br)ccc12. The number of hydrogen-bond acceptors (Lipinski definition) is 2. The van der Waals surface area contributed by atoms with Crippen molar-refractivity contribution in [2.24, 2.45) is 0 Å². The average molecular weight is 282 g/mol. The Morgan fingerprint density at radius 1 is 1.38 bits per heavy atom. The van der Waals surface area contributed by atoms with Crippen molar-refractivity contribution in [3.8, 4) is 0 Å². The summed E-state index contributed by atoms with van der Waals surface area (Å²) in [4.78, 5) is 24.7. The quantitative estimate of drug-likeness (QED) is 0.884. The summed E-state index contributed by atoms with van der Waals surface area (Å²) in [7, 11) is 0. The molecule has 0 fully saturated rings. The van der Waals surface area contributed by atoms with Gasteiger partial charge in [0.05, 0.1) is 6.42 Å². The molecule has 1 heterocycles. The zero-order chi connectivity index (χ0) is 11.7. The van der Waals surface area contributed by atoms with Crippen molar-refractivity contribution in [3.63, 3.8) is 0 Å². The predicted octanol–water partition coefficient (Wildman–Crippen LogP) is 1.92. The molecule has 1 aromatic carbocycles. The van der Waals surface area contributed by atoms with Gasteiger partial charge in [-0.2, -0.15) is 0 Å². The molecule has 0 saturated heterocycles. The van der Waals surface area contributed by atoms with Crippen LogP contribution in [0.5, 0.6) is 0 Å². The highest BCUT2D eigenvalue weighted by molar-refractivity contribution is 9.10. The van der Waals surface area contributed by atoms with Gasteiger partial charge in [0.2, 0.25) is 5.56 Å². The van der Waals surface area contributed by atoms with Crippen LogP contribution in [0.3, 0.4) is 0 Å². The number of rotatable bonds is 2. The van der Waals surface area contributed by atoms with Gasteiger partial charge in [-0.05, 0) is 17.7 Å². The zero-order valence-electron chi connectivity index (χ0n) is 8.16. The lowest BCUT2D eigenvalue weighted by Crippen LogP contribution is -2.09. The van der Waals surface area contributed by atoms with Gasteiger partial charge in [-0.3, -0.25) is 9.59 Å². The number of carbonyl (C=O) groups is 1. The smallest absolute Gasteiger partial charge is 0.307 e. The van der Waals surface area contributed by atoms with Crippen molar-refractivity contribution in [2.45, 2.75) is 6.42 Å². The number of fused-ring (bicyclic) bond motifs is 1. The maximum atomic E-state index is 11.3. The number of nitrogens with one attached hydrogen (secondary N) is 1. The van der Waals surface area contributed by atoms with Gasteiger partial charge < -0.3 is 10.1 Å². The predicted molar refractivity (Wildman–Crippen MR) is 63.6 cm³/mol. The number of carboxylic acids is 1. The second kappa shape index (κ2) is 4.09. The normalized spacial score (nSPS) is 10.6. The highest BCUT2D eigenvalue weighted by Crippen LogP contribution is 2.20. The Hall–Kier alpha value is -1.62. The summed E-state index contributed by atoms with van der Waals surface area (Å²) < 4.78 is 0.836. The number of aromatic nitrogens is 1. The molecule has 0 aliphatic heterocycles. The van der Waals surface area contributed by atoms with Gasteiger partial charge in [0.15, 0.2) is 0 Å². The largest absolute Gasteiger partial charge is 0.481 e. The summed E-state index contributed by atoms with van der Waals surface area (Å²) in [5.41, 5.74) is 0.874. The van der Waals surface area contributed by atoms with Gasteiger partial charge >= 0.3 is 5.97 Å². The molecule has 2 rings (SSSR count). The van der Waals surface area contributed by atoms with Gasteiger partial charge in [0.25, 0.3) is 0 Å². The van der Waals surface area contributed by atoms with Crippen LogP contribution in [0.15, 0.2) is 33.5 Å². The molecular formula is C11H8BrNO3. The minimum Gasteiger partial charge on any atom is -0.481 e. The minimum atomic E-state index is -0.949. The summed E-state index contributed by atoms with van der Waals surface area (Å²) >= 11 is 3.29. The summed E-state index contributed by atoms with van der Waals surface area (Å²) in [6.07, 6.45) is -0.151. The Balaban J connectivity index is 2.72. The van der Waals surface area contributed by atoms with E-state index in [1.165, 1.54) is 6.07 Å². The second-order valence-corrected chi connectivity index (χ2v) is 4.33. The highest BCUT2D eigenvalue weighted by Gasteiger charge is 2.07.